The summed E-state index contributed by atoms with van der Waals surface area (Å²) in [6.45, 7) is 3.73. The Hall–Kier alpha value is -3.71. The van der Waals surface area contributed by atoms with Crippen molar-refractivity contribution >= 4 is 23.3 Å². The number of likely N-dealkylation sites (tertiary alicyclic amines) is 1. The number of hydrogen-bond donors (Lipinski definition) is 2. The first-order valence-corrected chi connectivity index (χ1v) is 11.1. The minimum atomic E-state index is -0.0706. The fourth-order valence-electron chi connectivity index (χ4n) is 3.84. The molecule has 2 heterocycles. The molecule has 33 heavy (non-hydrogen) atoms. The van der Waals surface area contributed by atoms with Crippen molar-refractivity contribution in [3.8, 4) is 11.5 Å². The molecule has 1 aliphatic heterocycles. The number of pyridine rings is 1. The van der Waals surface area contributed by atoms with Gasteiger partial charge >= 0.3 is 0 Å². The third-order valence-electron chi connectivity index (χ3n) is 5.61. The Balaban J connectivity index is 1.20. The number of aromatic nitrogens is 1. The molecule has 7 heteroatoms. The van der Waals surface area contributed by atoms with Crippen LogP contribution in [0, 0.1) is 12.8 Å². The van der Waals surface area contributed by atoms with Gasteiger partial charge in [-0.3, -0.25) is 14.5 Å². The molecule has 3 aromatic rings. The number of ether oxygens (including phenoxy) is 1. The maximum absolute atomic E-state index is 12.5. The van der Waals surface area contributed by atoms with E-state index < -0.39 is 0 Å². The van der Waals surface area contributed by atoms with Crippen LogP contribution in [-0.2, 0) is 9.59 Å². The number of anilines is 2. The van der Waals surface area contributed by atoms with Crippen molar-refractivity contribution in [3.05, 3.63) is 78.5 Å². The quantitative estimate of drug-likeness (QED) is 0.562. The molecule has 1 aromatic heterocycles. The van der Waals surface area contributed by atoms with E-state index in [1.54, 1.807) is 12.3 Å². The molecule has 170 valence electrons. The van der Waals surface area contributed by atoms with Crippen molar-refractivity contribution < 1.29 is 14.3 Å². The van der Waals surface area contributed by atoms with E-state index >= 15 is 0 Å². The van der Waals surface area contributed by atoms with Gasteiger partial charge in [-0.15, -0.1) is 0 Å². The van der Waals surface area contributed by atoms with Crippen molar-refractivity contribution in [2.75, 3.05) is 30.3 Å². The van der Waals surface area contributed by atoms with Gasteiger partial charge in [-0.05, 0) is 86.9 Å². The van der Waals surface area contributed by atoms with Crippen LogP contribution in [0.25, 0.3) is 0 Å². The van der Waals surface area contributed by atoms with Gasteiger partial charge in [0.1, 0.15) is 17.3 Å². The first kappa shape index (κ1) is 22.5. The van der Waals surface area contributed by atoms with Crippen molar-refractivity contribution in [2.45, 2.75) is 19.8 Å². The molecular weight excluding hydrogens is 416 g/mol. The second-order valence-corrected chi connectivity index (χ2v) is 8.25. The van der Waals surface area contributed by atoms with Gasteiger partial charge in [0.15, 0.2) is 0 Å². The Morgan fingerprint density at radius 3 is 2.45 bits per heavy atom. The average Bonchev–Trinajstić information content (AvgIpc) is 2.81. The molecule has 1 aliphatic rings. The lowest BCUT2D eigenvalue weighted by atomic mass is 9.96. The molecule has 2 aromatic carbocycles. The molecule has 1 fully saturated rings. The van der Waals surface area contributed by atoms with Gasteiger partial charge < -0.3 is 15.4 Å². The van der Waals surface area contributed by atoms with Crippen LogP contribution in [0.4, 0.5) is 11.5 Å². The van der Waals surface area contributed by atoms with Gasteiger partial charge in [-0.25, -0.2) is 4.98 Å². The van der Waals surface area contributed by atoms with E-state index in [9.17, 15) is 9.59 Å². The van der Waals surface area contributed by atoms with Gasteiger partial charge in [-0.2, -0.15) is 0 Å². The molecule has 0 radical (unpaired) electrons. The highest BCUT2D eigenvalue weighted by Gasteiger charge is 2.26. The fraction of sp³-hybridized carbons (Fsp3) is 0.269. The largest absolute Gasteiger partial charge is 0.457 e. The zero-order valence-corrected chi connectivity index (χ0v) is 18.7. The van der Waals surface area contributed by atoms with E-state index in [2.05, 4.69) is 20.5 Å². The van der Waals surface area contributed by atoms with Crippen molar-refractivity contribution in [1.82, 2.24) is 9.88 Å². The highest BCUT2D eigenvalue weighted by molar-refractivity contribution is 5.93. The van der Waals surface area contributed by atoms with Crippen LogP contribution < -0.4 is 15.4 Å². The highest BCUT2D eigenvalue weighted by atomic mass is 16.5. The lowest BCUT2D eigenvalue weighted by molar-refractivity contribution is -0.121. The molecule has 0 aliphatic carbocycles. The zero-order chi connectivity index (χ0) is 23.0. The Kier molecular flexibility index (Phi) is 7.32. The van der Waals surface area contributed by atoms with Crippen LogP contribution >= 0.6 is 0 Å². The molecule has 2 N–H and O–H groups in total. The Labute approximate surface area is 193 Å². The van der Waals surface area contributed by atoms with E-state index in [1.165, 1.54) is 0 Å². The van der Waals surface area contributed by atoms with Crippen molar-refractivity contribution in [3.63, 3.8) is 0 Å². The zero-order valence-electron chi connectivity index (χ0n) is 18.7. The summed E-state index contributed by atoms with van der Waals surface area (Å²) in [6, 6.07) is 20.6. The fourth-order valence-corrected chi connectivity index (χ4v) is 3.84. The van der Waals surface area contributed by atoms with Crippen LogP contribution in [0.15, 0.2) is 72.9 Å². The molecule has 7 nitrogen and oxygen atoms in total. The van der Waals surface area contributed by atoms with Crippen molar-refractivity contribution in [2.24, 2.45) is 5.92 Å². The van der Waals surface area contributed by atoms with Gasteiger partial charge in [0.2, 0.25) is 11.8 Å². The second kappa shape index (κ2) is 10.7. The highest BCUT2D eigenvalue weighted by Crippen LogP contribution is 2.24. The van der Waals surface area contributed by atoms with E-state index in [1.807, 2.05) is 67.6 Å². The summed E-state index contributed by atoms with van der Waals surface area (Å²) >= 11 is 0. The van der Waals surface area contributed by atoms with Crippen LogP contribution in [0.1, 0.15) is 18.4 Å². The number of nitrogens with one attached hydrogen (secondary N) is 2. The molecule has 0 spiro atoms. The van der Waals surface area contributed by atoms with Crippen LogP contribution in [0.5, 0.6) is 11.5 Å². The second-order valence-electron chi connectivity index (χ2n) is 8.25. The standard InChI is InChI=1S/C26H28N4O3/c1-19-5-4-6-23(17-19)33-22-10-8-21(9-11-22)28-25(31)18-30-15-12-20(13-16-30)26(32)29-24-7-2-3-14-27-24/h2-11,14,17,20H,12-13,15-16,18H2,1H3,(H,28,31)(H,27,29,32). The lowest BCUT2D eigenvalue weighted by Gasteiger charge is -2.30. The number of carbonyl (C=O) groups is 2. The van der Waals surface area contributed by atoms with E-state index in [0.717, 1.165) is 29.8 Å². The third-order valence-corrected chi connectivity index (χ3v) is 5.61. The minimum absolute atomic E-state index is 0.00854. The molecule has 1 saturated heterocycles. The molecule has 2 amide bonds. The minimum Gasteiger partial charge on any atom is -0.457 e. The topological polar surface area (TPSA) is 83.6 Å². The Morgan fingerprint density at radius 2 is 1.76 bits per heavy atom. The van der Waals surface area contributed by atoms with Gasteiger partial charge in [0.05, 0.1) is 6.54 Å². The number of carbonyl (C=O) groups excluding carboxylic acids is 2. The summed E-state index contributed by atoms with van der Waals surface area (Å²) in [5, 5.41) is 5.80. The molecule has 4 rings (SSSR count). The van der Waals surface area contributed by atoms with E-state index in [4.69, 9.17) is 4.74 Å². The summed E-state index contributed by atoms with van der Waals surface area (Å²) in [6.07, 6.45) is 3.09. The number of piperidine rings is 1. The summed E-state index contributed by atoms with van der Waals surface area (Å²) in [7, 11) is 0. The molecule has 0 saturated carbocycles. The summed E-state index contributed by atoms with van der Waals surface area (Å²) in [5.74, 6) is 1.92. The number of benzene rings is 2. The molecule has 0 unspecified atom stereocenters. The lowest BCUT2D eigenvalue weighted by Crippen LogP contribution is -2.41. The number of nitrogens with zero attached hydrogens (tertiary/aromatic N) is 2. The maximum Gasteiger partial charge on any atom is 0.238 e. The molecular formula is C26H28N4O3. The average molecular weight is 445 g/mol. The van der Waals surface area contributed by atoms with E-state index in [0.29, 0.717) is 31.2 Å². The summed E-state index contributed by atoms with van der Waals surface area (Å²) in [5.41, 5.74) is 1.86. The van der Waals surface area contributed by atoms with Crippen molar-refractivity contribution in [1.29, 1.82) is 0 Å². The van der Waals surface area contributed by atoms with Gasteiger partial charge in [-0.1, -0.05) is 18.2 Å². The van der Waals surface area contributed by atoms with Gasteiger partial charge in [0.25, 0.3) is 0 Å². The smallest absolute Gasteiger partial charge is 0.238 e. The molecule has 0 bridgehead atoms. The van der Waals surface area contributed by atoms with E-state index in [-0.39, 0.29) is 17.7 Å². The Bertz CT molecular complexity index is 1080. The monoisotopic (exact) mass is 444 g/mol. The van der Waals surface area contributed by atoms with Crippen LogP contribution in [0.3, 0.4) is 0 Å². The third kappa shape index (κ3) is 6.63. The molecule has 0 atom stereocenters. The number of amides is 2. The summed E-state index contributed by atoms with van der Waals surface area (Å²) in [4.78, 5) is 31.1. The predicted molar refractivity (Wildman–Crippen MR) is 128 cm³/mol. The summed E-state index contributed by atoms with van der Waals surface area (Å²) < 4.78 is 5.85. The predicted octanol–water partition coefficient (Wildman–Crippen LogP) is 4.47. The SMILES string of the molecule is Cc1cccc(Oc2ccc(NC(=O)CN3CCC(C(=O)Nc4ccccn4)CC3)cc2)c1. The van der Waals surface area contributed by atoms with Crippen LogP contribution in [-0.4, -0.2) is 41.3 Å². The maximum atomic E-state index is 12.5. The first-order chi connectivity index (χ1) is 16.0. The first-order valence-electron chi connectivity index (χ1n) is 11.1. The Morgan fingerprint density at radius 1 is 0.970 bits per heavy atom. The number of rotatable bonds is 7. The van der Waals surface area contributed by atoms with Gasteiger partial charge in [0, 0.05) is 17.8 Å². The number of aryl methyl sites for hydroxylation is 1. The normalized spacial score (nSPS) is 14.5. The van der Waals surface area contributed by atoms with Crippen LogP contribution in [0.2, 0.25) is 0 Å². The number of hydrogen-bond acceptors (Lipinski definition) is 5.